The number of aromatic hydroxyl groups is 1. The van der Waals surface area contributed by atoms with Crippen molar-refractivity contribution in [3.05, 3.63) is 71.8 Å². The monoisotopic (exact) mass is 291 g/mol. The first-order valence-corrected chi connectivity index (χ1v) is 7.64. The van der Waals surface area contributed by atoms with Crippen LogP contribution in [0.3, 0.4) is 0 Å². The fraction of sp³-hybridized carbons (Fsp3) is 0.200. The van der Waals surface area contributed by atoms with E-state index in [9.17, 15) is 5.11 Å². The van der Waals surface area contributed by atoms with E-state index in [1.54, 1.807) is 0 Å². The van der Waals surface area contributed by atoms with Gasteiger partial charge in [-0.3, -0.25) is 0 Å². The number of anilines is 1. The van der Waals surface area contributed by atoms with Gasteiger partial charge in [0.25, 0.3) is 0 Å². The van der Waals surface area contributed by atoms with E-state index in [0.29, 0.717) is 11.6 Å². The molecule has 2 unspecified atom stereocenters. The number of nitrogen functional groups attached to an aromatic ring is 1. The van der Waals surface area contributed by atoms with Crippen molar-refractivity contribution in [2.45, 2.75) is 25.7 Å². The summed E-state index contributed by atoms with van der Waals surface area (Å²) in [7, 11) is 0. The molecule has 0 spiro atoms. The van der Waals surface area contributed by atoms with Crippen LogP contribution in [0.2, 0.25) is 0 Å². The standard InChI is InChI=1S/C20H21NO/c1-13(15-8-4-3-5-9-15)14(2)18-12-16-10-6-7-11-17(16)19(21)20(18)22/h3-14,22H,21H2,1-2H3. The Bertz CT molecular complexity index is 795. The third-order valence-electron chi connectivity index (χ3n) is 4.66. The lowest BCUT2D eigenvalue weighted by Crippen LogP contribution is -2.06. The van der Waals surface area contributed by atoms with Crippen molar-refractivity contribution in [3.63, 3.8) is 0 Å². The quantitative estimate of drug-likeness (QED) is 0.525. The summed E-state index contributed by atoms with van der Waals surface area (Å²) >= 11 is 0. The fourth-order valence-corrected chi connectivity index (χ4v) is 3.05. The van der Waals surface area contributed by atoms with Crippen LogP contribution in [0.1, 0.15) is 36.8 Å². The van der Waals surface area contributed by atoms with Crippen molar-refractivity contribution in [2.24, 2.45) is 0 Å². The lowest BCUT2D eigenvalue weighted by Gasteiger charge is -2.23. The van der Waals surface area contributed by atoms with Gasteiger partial charge >= 0.3 is 0 Å². The van der Waals surface area contributed by atoms with E-state index in [2.05, 4.69) is 32.0 Å². The zero-order valence-corrected chi connectivity index (χ0v) is 13.0. The van der Waals surface area contributed by atoms with Gasteiger partial charge in [-0.15, -0.1) is 0 Å². The maximum absolute atomic E-state index is 10.5. The lowest BCUT2D eigenvalue weighted by atomic mass is 9.82. The number of hydrogen-bond donors (Lipinski definition) is 2. The molecule has 0 aliphatic rings. The van der Waals surface area contributed by atoms with E-state index in [1.807, 2.05) is 42.5 Å². The van der Waals surface area contributed by atoms with Crippen LogP contribution in [-0.4, -0.2) is 5.11 Å². The van der Waals surface area contributed by atoms with E-state index in [-0.39, 0.29) is 11.7 Å². The topological polar surface area (TPSA) is 46.2 Å². The molecule has 0 aliphatic heterocycles. The Balaban J connectivity index is 2.08. The molecule has 3 aromatic carbocycles. The van der Waals surface area contributed by atoms with E-state index in [4.69, 9.17) is 5.73 Å². The number of benzene rings is 3. The van der Waals surface area contributed by atoms with Gasteiger partial charge in [-0.1, -0.05) is 68.4 Å². The van der Waals surface area contributed by atoms with Crippen LogP contribution in [0.15, 0.2) is 60.7 Å². The molecule has 2 atom stereocenters. The summed E-state index contributed by atoms with van der Waals surface area (Å²) in [4.78, 5) is 0. The number of fused-ring (bicyclic) bond motifs is 1. The van der Waals surface area contributed by atoms with Crippen LogP contribution in [0.25, 0.3) is 10.8 Å². The summed E-state index contributed by atoms with van der Waals surface area (Å²) in [5.74, 6) is 0.691. The Morgan fingerprint density at radius 2 is 1.50 bits per heavy atom. The van der Waals surface area contributed by atoms with Gasteiger partial charge < -0.3 is 10.8 Å². The van der Waals surface area contributed by atoms with E-state index in [1.165, 1.54) is 5.56 Å². The predicted octanol–water partition coefficient (Wildman–Crippen LogP) is 5.03. The van der Waals surface area contributed by atoms with Crippen LogP contribution in [-0.2, 0) is 0 Å². The van der Waals surface area contributed by atoms with Crippen molar-refractivity contribution >= 4 is 16.5 Å². The molecule has 0 fully saturated rings. The summed E-state index contributed by atoms with van der Waals surface area (Å²) in [5.41, 5.74) is 8.79. The van der Waals surface area contributed by atoms with Crippen LogP contribution in [0.5, 0.6) is 5.75 Å². The molecule has 0 radical (unpaired) electrons. The number of nitrogens with two attached hydrogens (primary N) is 1. The highest BCUT2D eigenvalue weighted by molar-refractivity contribution is 5.96. The fourth-order valence-electron chi connectivity index (χ4n) is 3.05. The Hall–Kier alpha value is -2.48. The lowest BCUT2D eigenvalue weighted by molar-refractivity contribution is 0.460. The van der Waals surface area contributed by atoms with Crippen LogP contribution in [0, 0.1) is 0 Å². The second-order valence-corrected chi connectivity index (χ2v) is 5.94. The minimum absolute atomic E-state index is 0.175. The first-order valence-electron chi connectivity index (χ1n) is 7.64. The maximum Gasteiger partial charge on any atom is 0.142 e. The Labute approximate surface area is 131 Å². The Morgan fingerprint density at radius 3 is 2.23 bits per heavy atom. The molecule has 3 aromatic rings. The van der Waals surface area contributed by atoms with Crippen LogP contribution in [0.4, 0.5) is 5.69 Å². The first-order chi connectivity index (χ1) is 10.6. The zero-order valence-electron chi connectivity index (χ0n) is 13.0. The van der Waals surface area contributed by atoms with Crippen molar-refractivity contribution < 1.29 is 5.11 Å². The molecule has 3 rings (SSSR count). The highest BCUT2D eigenvalue weighted by Crippen LogP contribution is 2.42. The molecule has 0 saturated carbocycles. The van der Waals surface area contributed by atoms with Gasteiger partial charge in [0.2, 0.25) is 0 Å². The van der Waals surface area contributed by atoms with E-state index in [0.717, 1.165) is 16.3 Å². The smallest absolute Gasteiger partial charge is 0.142 e. The number of phenolic OH excluding ortho intramolecular Hbond substituents is 1. The second kappa shape index (κ2) is 5.72. The average Bonchev–Trinajstić information content (AvgIpc) is 2.57. The molecule has 2 nitrogen and oxygen atoms in total. The van der Waals surface area contributed by atoms with E-state index < -0.39 is 0 Å². The Kier molecular flexibility index (Phi) is 3.76. The number of phenols is 1. The molecule has 3 N–H and O–H groups in total. The normalized spacial score (nSPS) is 13.9. The third kappa shape index (κ3) is 2.41. The molecular weight excluding hydrogens is 270 g/mol. The van der Waals surface area contributed by atoms with Gasteiger partial charge in [0, 0.05) is 10.9 Å². The molecule has 0 bridgehead atoms. The molecule has 2 heteroatoms. The number of rotatable bonds is 3. The van der Waals surface area contributed by atoms with Gasteiger partial charge in [0.1, 0.15) is 5.75 Å². The molecule has 0 saturated heterocycles. The largest absolute Gasteiger partial charge is 0.505 e. The zero-order chi connectivity index (χ0) is 15.7. The van der Waals surface area contributed by atoms with Crippen molar-refractivity contribution in [3.8, 4) is 5.75 Å². The van der Waals surface area contributed by atoms with Crippen molar-refractivity contribution in [1.82, 2.24) is 0 Å². The van der Waals surface area contributed by atoms with Crippen LogP contribution < -0.4 is 5.73 Å². The van der Waals surface area contributed by atoms with Crippen molar-refractivity contribution in [2.75, 3.05) is 5.73 Å². The summed E-state index contributed by atoms with van der Waals surface area (Å²) < 4.78 is 0. The number of hydrogen-bond acceptors (Lipinski definition) is 2. The van der Waals surface area contributed by atoms with Gasteiger partial charge in [0.05, 0.1) is 5.69 Å². The molecular formula is C20H21NO. The highest BCUT2D eigenvalue weighted by atomic mass is 16.3. The minimum atomic E-state index is 0.175. The maximum atomic E-state index is 10.5. The average molecular weight is 291 g/mol. The molecule has 22 heavy (non-hydrogen) atoms. The summed E-state index contributed by atoms with van der Waals surface area (Å²) in [6, 6.07) is 20.3. The summed E-state index contributed by atoms with van der Waals surface area (Å²) in [5, 5.41) is 12.5. The molecule has 0 aromatic heterocycles. The Morgan fingerprint density at radius 1 is 0.864 bits per heavy atom. The second-order valence-electron chi connectivity index (χ2n) is 5.94. The minimum Gasteiger partial charge on any atom is -0.505 e. The molecule has 0 aliphatic carbocycles. The van der Waals surface area contributed by atoms with Gasteiger partial charge in [0.15, 0.2) is 0 Å². The molecule has 112 valence electrons. The summed E-state index contributed by atoms with van der Waals surface area (Å²) in [6.45, 7) is 4.33. The van der Waals surface area contributed by atoms with Gasteiger partial charge in [-0.05, 0) is 28.9 Å². The third-order valence-corrected chi connectivity index (χ3v) is 4.66. The van der Waals surface area contributed by atoms with E-state index >= 15 is 0 Å². The SMILES string of the molecule is CC(c1ccccc1)C(C)c1cc2ccccc2c(N)c1O. The molecule has 0 heterocycles. The van der Waals surface area contributed by atoms with Crippen molar-refractivity contribution in [1.29, 1.82) is 0 Å². The van der Waals surface area contributed by atoms with Gasteiger partial charge in [-0.2, -0.15) is 0 Å². The molecule has 0 amide bonds. The first kappa shape index (κ1) is 14.5. The van der Waals surface area contributed by atoms with Crippen LogP contribution >= 0.6 is 0 Å². The predicted molar refractivity (Wildman–Crippen MR) is 93.3 cm³/mol. The van der Waals surface area contributed by atoms with Gasteiger partial charge in [-0.25, -0.2) is 0 Å². The summed E-state index contributed by atoms with van der Waals surface area (Å²) in [6.07, 6.45) is 0. The highest BCUT2D eigenvalue weighted by Gasteiger charge is 2.21.